The van der Waals surface area contributed by atoms with Crippen LogP contribution in [0.2, 0.25) is 0 Å². The van der Waals surface area contributed by atoms with Crippen LogP contribution in [0.15, 0.2) is 10.3 Å². The van der Waals surface area contributed by atoms with Crippen molar-refractivity contribution in [2.24, 2.45) is 10.3 Å². The summed E-state index contributed by atoms with van der Waals surface area (Å²) in [5, 5.41) is 9.24. The summed E-state index contributed by atoms with van der Waals surface area (Å²) in [7, 11) is 0. The zero-order chi connectivity index (χ0) is 10.8. The molecule has 4 nitrogen and oxygen atoms in total. The highest BCUT2D eigenvalue weighted by atomic mass is 79.9. The second-order valence-corrected chi connectivity index (χ2v) is 3.98. The van der Waals surface area contributed by atoms with Gasteiger partial charge < -0.3 is 9.68 Å². The Morgan fingerprint density at radius 1 is 0.929 bits per heavy atom. The maximum absolute atomic E-state index is 4.97. The van der Waals surface area contributed by atoms with Gasteiger partial charge in [0.25, 0.3) is 0 Å². The lowest BCUT2D eigenvalue weighted by molar-refractivity contribution is 0.158. The quantitative estimate of drug-likeness (QED) is 0.312. The van der Waals surface area contributed by atoms with Gasteiger partial charge in [-0.05, 0) is 13.8 Å². The molecular formula is C8H14Br2N2O2. The average Bonchev–Trinajstić information content (AvgIpc) is 2.18. The van der Waals surface area contributed by atoms with E-state index in [1.807, 2.05) is 13.8 Å². The van der Waals surface area contributed by atoms with Gasteiger partial charge in [-0.2, -0.15) is 0 Å². The number of nitrogens with zero attached hydrogens (tertiary/aromatic N) is 2. The summed E-state index contributed by atoms with van der Waals surface area (Å²) < 4.78 is 0. The molecule has 0 aromatic carbocycles. The highest BCUT2D eigenvalue weighted by molar-refractivity contribution is 9.09. The molecule has 0 rings (SSSR count). The Kier molecular flexibility index (Phi) is 9.39. The van der Waals surface area contributed by atoms with E-state index in [4.69, 9.17) is 9.68 Å². The van der Waals surface area contributed by atoms with E-state index in [-0.39, 0.29) is 0 Å². The number of halogens is 2. The van der Waals surface area contributed by atoms with Gasteiger partial charge in [-0.25, -0.2) is 0 Å². The van der Waals surface area contributed by atoms with Gasteiger partial charge in [0.05, 0.1) is 0 Å². The molecule has 0 aliphatic rings. The van der Waals surface area contributed by atoms with Crippen LogP contribution in [0.25, 0.3) is 0 Å². The molecule has 0 aromatic rings. The van der Waals surface area contributed by atoms with Gasteiger partial charge in [0.1, 0.15) is 24.6 Å². The van der Waals surface area contributed by atoms with E-state index in [0.29, 0.717) is 13.2 Å². The van der Waals surface area contributed by atoms with Gasteiger partial charge in [0.2, 0.25) is 0 Å². The van der Waals surface area contributed by atoms with Crippen LogP contribution in [0.5, 0.6) is 0 Å². The Morgan fingerprint density at radius 3 is 1.57 bits per heavy atom. The molecule has 0 atom stereocenters. The summed E-state index contributed by atoms with van der Waals surface area (Å²) in [6.45, 7) is 4.74. The van der Waals surface area contributed by atoms with Crippen LogP contribution in [0.4, 0.5) is 0 Å². The van der Waals surface area contributed by atoms with Crippen molar-refractivity contribution in [1.82, 2.24) is 0 Å². The summed E-state index contributed by atoms with van der Waals surface area (Å²) in [5.41, 5.74) is 1.45. The van der Waals surface area contributed by atoms with Crippen LogP contribution in [0.3, 0.4) is 0 Å². The fraction of sp³-hybridized carbons (Fsp3) is 0.750. The number of hydrogen-bond acceptors (Lipinski definition) is 4. The Bertz CT molecular complexity index is 186. The fourth-order valence-electron chi connectivity index (χ4n) is 0.486. The van der Waals surface area contributed by atoms with Gasteiger partial charge in [-0.1, -0.05) is 42.2 Å². The number of oxime groups is 2. The van der Waals surface area contributed by atoms with Crippen molar-refractivity contribution in [2.45, 2.75) is 13.8 Å². The van der Waals surface area contributed by atoms with Gasteiger partial charge in [-0.3, -0.25) is 0 Å². The molecule has 0 saturated heterocycles. The first-order chi connectivity index (χ1) is 6.72. The summed E-state index contributed by atoms with van der Waals surface area (Å²) in [6, 6.07) is 0. The lowest BCUT2D eigenvalue weighted by Gasteiger charge is -2.00. The van der Waals surface area contributed by atoms with Crippen molar-refractivity contribution in [3.8, 4) is 0 Å². The van der Waals surface area contributed by atoms with Crippen LogP contribution >= 0.6 is 31.9 Å². The van der Waals surface area contributed by atoms with Crippen molar-refractivity contribution in [3.63, 3.8) is 0 Å². The predicted octanol–water partition coefficient (Wildman–Crippen LogP) is 2.56. The zero-order valence-corrected chi connectivity index (χ0v) is 11.5. The maximum atomic E-state index is 4.97. The van der Waals surface area contributed by atoms with E-state index >= 15 is 0 Å². The molecule has 0 saturated carbocycles. The van der Waals surface area contributed by atoms with Crippen LogP contribution in [0.1, 0.15) is 13.8 Å². The number of alkyl halides is 2. The van der Waals surface area contributed by atoms with E-state index < -0.39 is 0 Å². The van der Waals surface area contributed by atoms with E-state index in [0.717, 1.165) is 22.1 Å². The standard InChI is InChI=1S/C8H14Br2N2O2/c1-7(11-13-5-3-9)8(2)12-14-6-4-10/h3-6H2,1-2H3/b11-7-,12-8+. The molecule has 0 N–H and O–H groups in total. The van der Waals surface area contributed by atoms with Gasteiger partial charge in [0, 0.05) is 10.7 Å². The number of hydrogen-bond donors (Lipinski definition) is 0. The molecule has 0 heterocycles. The second kappa shape index (κ2) is 9.45. The molecule has 0 unspecified atom stereocenters. The summed E-state index contributed by atoms with van der Waals surface area (Å²) in [5.74, 6) is 0. The molecule has 82 valence electrons. The molecular weight excluding hydrogens is 316 g/mol. The van der Waals surface area contributed by atoms with E-state index in [9.17, 15) is 0 Å². The third kappa shape index (κ3) is 7.32. The monoisotopic (exact) mass is 328 g/mol. The lowest BCUT2D eigenvalue weighted by Crippen LogP contribution is -2.08. The van der Waals surface area contributed by atoms with Gasteiger partial charge in [0.15, 0.2) is 0 Å². The minimum absolute atomic E-state index is 0.548. The zero-order valence-electron chi connectivity index (χ0n) is 8.30. The first-order valence-electron chi connectivity index (χ1n) is 4.17. The molecule has 0 bridgehead atoms. The molecule has 0 aliphatic carbocycles. The normalized spacial score (nSPS) is 12.9. The molecule has 0 radical (unpaired) electrons. The lowest BCUT2D eigenvalue weighted by atomic mass is 10.3. The third-order valence-electron chi connectivity index (χ3n) is 1.26. The average molecular weight is 330 g/mol. The van der Waals surface area contributed by atoms with E-state index in [2.05, 4.69) is 42.2 Å². The van der Waals surface area contributed by atoms with Crippen molar-refractivity contribution in [2.75, 3.05) is 23.9 Å². The molecule has 6 heteroatoms. The Balaban J connectivity index is 3.89. The first kappa shape index (κ1) is 13.9. The SMILES string of the molecule is CC(=N/OCCBr)/C(C)=N/OCCBr. The van der Waals surface area contributed by atoms with Crippen LogP contribution in [0, 0.1) is 0 Å². The third-order valence-corrected chi connectivity index (χ3v) is 1.91. The van der Waals surface area contributed by atoms with Crippen LogP contribution < -0.4 is 0 Å². The highest BCUT2D eigenvalue weighted by Gasteiger charge is 1.97. The fourth-order valence-corrected chi connectivity index (χ4v) is 0.776. The molecule has 0 spiro atoms. The minimum Gasteiger partial charge on any atom is -0.395 e. The van der Waals surface area contributed by atoms with Crippen molar-refractivity contribution in [1.29, 1.82) is 0 Å². The molecule has 0 aliphatic heterocycles. The van der Waals surface area contributed by atoms with Gasteiger partial charge >= 0.3 is 0 Å². The smallest absolute Gasteiger partial charge is 0.126 e. The van der Waals surface area contributed by atoms with Crippen molar-refractivity contribution < 1.29 is 9.68 Å². The van der Waals surface area contributed by atoms with Crippen molar-refractivity contribution >= 4 is 43.3 Å². The van der Waals surface area contributed by atoms with Crippen molar-refractivity contribution in [3.05, 3.63) is 0 Å². The van der Waals surface area contributed by atoms with Crippen LogP contribution in [-0.2, 0) is 9.68 Å². The molecule has 0 fully saturated rings. The molecule has 0 amide bonds. The van der Waals surface area contributed by atoms with E-state index in [1.54, 1.807) is 0 Å². The predicted molar refractivity (Wildman–Crippen MR) is 65.7 cm³/mol. The summed E-state index contributed by atoms with van der Waals surface area (Å²) in [6.07, 6.45) is 0. The first-order valence-corrected chi connectivity index (χ1v) is 6.42. The molecule has 0 aromatic heterocycles. The highest BCUT2D eigenvalue weighted by Crippen LogP contribution is 1.90. The van der Waals surface area contributed by atoms with E-state index in [1.165, 1.54) is 0 Å². The minimum atomic E-state index is 0.548. The topological polar surface area (TPSA) is 43.2 Å². The Hall–Kier alpha value is -0.100. The summed E-state index contributed by atoms with van der Waals surface area (Å²) in [4.78, 5) is 9.93. The van der Waals surface area contributed by atoms with Crippen LogP contribution in [-0.4, -0.2) is 35.3 Å². The Labute approximate surface area is 101 Å². The number of rotatable bonds is 7. The Morgan fingerprint density at radius 2 is 1.29 bits per heavy atom. The summed E-state index contributed by atoms with van der Waals surface area (Å²) >= 11 is 6.47. The maximum Gasteiger partial charge on any atom is 0.126 e. The van der Waals surface area contributed by atoms with Gasteiger partial charge in [-0.15, -0.1) is 0 Å². The second-order valence-electron chi connectivity index (χ2n) is 2.40. The largest absolute Gasteiger partial charge is 0.395 e. The molecule has 14 heavy (non-hydrogen) atoms.